The number of rotatable bonds is 4. The van der Waals surface area contributed by atoms with Crippen molar-refractivity contribution in [2.24, 2.45) is 0 Å². The Morgan fingerprint density at radius 1 is 1.33 bits per heavy atom. The van der Waals surface area contributed by atoms with E-state index in [1.807, 2.05) is 6.08 Å². The predicted molar refractivity (Wildman–Crippen MR) is 60.6 cm³/mol. The van der Waals surface area contributed by atoms with Gasteiger partial charge in [-0.25, -0.2) is 0 Å². The Kier molecular flexibility index (Phi) is 3.82. The second-order valence-corrected chi connectivity index (χ2v) is 3.79. The van der Waals surface area contributed by atoms with E-state index in [1.54, 1.807) is 0 Å². The van der Waals surface area contributed by atoms with Gasteiger partial charge >= 0.3 is 0 Å². The van der Waals surface area contributed by atoms with E-state index in [1.165, 1.54) is 24.8 Å². The van der Waals surface area contributed by atoms with Gasteiger partial charge in [0.2, 0.25) is 0 Å². The zero-order valence-electron chi connectivity index (χ0n) is 7.22. The van der Waals surface area contributed by atoms with Crippen molar-refractivity contribution in [1.82, 2.24) is 5.32 Å². The smallest absolute Gasteiger partial charge is 0.107 e. The lowest BCUT2D eigenvalue weighted by atomic mass is 10.1. The highest BCUT2D eigenvalue weighted by Gasteiger charge is 2.12. The van der Waals surface area contributed by atoms with Crippen molar-refractivity contribution in [3.63, 3.8) is 0 Å². The van der Waals surface area contributed by atoms with Gasteiger partial charge in [-0.15, -0.1) is 0 Å². The van der Waals surface area contributed by atoms with Crippen LogP contribution in [0, 0.1) is 0 Å². The zero-order valence-corrected chi connectivity index (χ0v) is 8.86. The minimum absolute atomic E-state index is 0.770. The average Bonchev–Trinajstić information content (AvgIpc) is 2.31. The van der Waals surface area contributed by atoms with Gasteiger partial charge in [0, 0.05) is 0 Å². The highest BCUT2D eigenvalue weighted by Crippen LogP contribution is 2.14. The molecule has 3 heteroatoms. The molecule has 1 nitrogen and oxygen atoms in total. The van der Waals surface area contributed by atoms with Gasteiger partial charge < -0.3 is 5.32 Å². The molecule has 0 saturated heterocycles. The lowest BCUT2D eigenvalue weighted by Crippen LogP contribution is -2.18. The maximum atomic E-state index is 5.10. The molecule has 1 aliphatic rings. The summed E-state index contributed by atoms with van der Waals surface area (Å²) in [6, 6.07) is 0. The molecule has 1 heterocycles. The standard InChI is InChI=1S/C9H13NS2/c1-2-3-4-5-7-6-8(11)10-9(7)12/h6H,2-5H2,1H3,(H,10,11,12). The average molecular weight is 199 g/mol. The highest BCUT2D eigenvalue weighted by molar-refractivity contribution is 7.82. The van der Waals surface area contributed by atoms with Gasteiger partial charge in [-0.2, -0.15) is 0 Å². The number of hydrogen-bond donors (Lipinski definition) is 1. The molecule has 0 aliphatic carbocycles. The third-order valence-electron chi connectivity index (χ3n) is 1.88. The molecule has 0 atom stereocenters. The van der Waals surface area contributed by atoms with Crippen LogP contribution in [-0.4, -0.2) is 9.98 Å². The molecule has 66 valence electrons. The van der Waals surface area contributed by atoms with E-state index in [4.69, 9.17) is 24.4 Å². The molecule has 0 fully saturated rings. The Labute approximate surface area is 84.2 Å². The summed E-state index contributed by atoms with van der Waals surface area (Å²) in [6.45, 7) is 2.20. The fourth-order valence-corrected chi connectivity index (χ4v) is 1.78. The minimum Gasteiger partial charge on any atom is -0.337 e. The first-order valence-electron chi connectivity index (χ1n) is 4.30. The highest BCUT2D eigenvalue weighted by atomic mass is 32.1. The summed E-state index contributed by atoms with van der Waals surface area (Å²) in [5.74, 6) is 0. The molecular formula is C9H13NS2. The van der Waals surface area contributed by atoms with Crippen LogP contribution in [0.1, 0.15) is 32.6 Å². The quantitative estimate of drug-likeness (QED) is 0.552. The molecule has 0 amide bonds. The molecule has 0 unspecified atom stereocenters. The molecule has 1 N–H and O–H groups in total. The van der Waals surface area contributed by atoms with Crippen molar-refractivity contribution in [2.75, 3.05) is 0 Å². The van der Waals surface area contributed by atoms with E-state index in [-0.39, 0.29) is 0 Å². The van der Waals surface area contributed by atoms with Crippen LogP contribution in [0.15, 0.2) is 11.6 Å². The normalized spacial score (nSPS) is 16.2. The molecule has 0 aromatic carbocycles. The van der Waals surface area contributed by atoms with E-state index in [9.17, 15) is 0 Å². The SMILES string of the molecule is CCCCCC1=CC(=S)NC1=S. The van der Waals surface area contributed by atoms with E-state index in [2.05, 4.69) is 12.2 Å². The van der Waals surface area contributed by atoms with Gasteiger partial charge in [-0.1, -0.05) is 44.2 Å². The monoisotopic (exact) mass is 199 g/mol. The van der Waals surface area contributed by atoms with E-state index >= 15 is 0 Å². The van der Waals surface area contributed by atoms with E-state index in [0.29, 0.717) is 0 Å². The molecule has 12 heavy (non-hydrogen) atoms. The third-order valence-corrected chi connectivity index (χ3v) is 2.47. The second kappa shape index (κ2) is 4.67. The first-order chi connectivity index (χ1) is 5.74. The molecule has 0 spiro atoms. The minimum atomic E-state index is 0.770. The Hall–Kier alpha value is -0.280. The van der Waals surface area contributed by atoms with Crippen LogP contribution in [0.3, 0.4) is 0 Å². The number of thiocarbonyl (C=S) groups is 2. The molecule has 0 aromatic heterocycles. The Morgan fingerprint density at radius 3 is 2.58 bits per heavy atom. The topological polar surface area (TPSA) is 12.0 Å². The third kappa shape index (κ3) is 2.64. The van der Waals surface area contributed by atoms with Gasteiger partial charge in [-0.05, 0) is 24.5 Å². The molecule has 0 bridgehead atoms. The summed E-state index contributed by atoms with van der Waals surface area (Å²) in [5, 5.41) is 2.96. The van der Waals surface area contributed by atoms with Crippen LogP contribution in [-0.2, 0) is 0 Å². The molecule has 1 rings (SSSR count). The number of nitrogens with one attached hydrogen (secondary N) is 1. The number of unbranched alkanes of at least 4 members (excludes halogenated alkanes) is 2. The summed E-state index contributed by atoms with van der Waals surface area (Å²) in [7, 11) is 0. The Bertz CT molecular complexity index is 231. The fraction of sp³-hybridized carbons (Fsp3) is 0.556. The van der Waals surface area contributed by atoms with Crippen LogP contribution in [0.5, 0.6) is 0 Å². The fourth-order valence-electron chi connectivity index (χ4n) is 1.20. The van der Waals surface area contributed by atoms with Gasteiger partial charge in [0.05, 0.1) is 0 Å². The predicted octanol–water partition coefficient (Wildman–Crippen LogP) is 2.75. The zero-order chi connectivity index (χ0) is 8.97. The van der Waals surface area contributed by atoms with Crippen molar-refractivity contribution in [3.8, 4) is 0 Å². The van der Waals surface area contributed by atoms with Gasteiger partial charge in [-0.3, -0.25) is 0 Å². The first kappa shape index (κ1) is 9.81. The lowest BCUT2D eigenvalue weighted by Gasteiger charge is -2.00. The molecule has 0 aromatic rings. The summed E-state index contributed by atoms with van der Waals surface area (Å²) < 4.78 is 0. The van der Waals surface area contributed by atoms with Crippen LogP contribution < -0.4 is 5.32 Å². The molecule has 0 radical (unpaired) electrons. The van der Waals surface area contributed by atoms with Gasteiger partial charge in [0.25, 0.3) is 0 Å². The first-order valence-corrected chi connectivity index (χ1v) is 5.11. The molecular weight excluding hydrogens is 186 g/mol. The van der Waals surface area contributed by atoms with Gasteiger partial charge in [0.15, 0.2) is 0 Å². The van der Waals surface area contributed by atoms with Crippen LogP contribution in [0.25, 0.3) is 0 Å². The second-order valence-electron chi connectivity index (χ2n) is 2.95. The molecule has 0 saturated carbocycles. The van der Waals surface area contributed by atoms with E-state index in [0.717, 1.165) is 16.4 Å². The van der Waals surface area contributed by atoms with Gasteiger partial charge in [0.1, 0.15) is 9.98 Å². The summed E-state index contributed by atoms with van der Waals surface area (Å²) in [4.78, 5) is 1.60. The Morgan fingerprint density at radius 2 is 2.08 bits per heavy atom. The maximum absolute atomic E-state index is 5.10. The van der Waals surface area contributed by atoms with Crippen molar-refractivity contribution in [1.29, 1.82) is 0 Å². The maximum Gasteiger partial charge on any atom is 0.107 e. The summed E-state index contributed by atoms with van der Waals surface area (Å²) in [5.41, 5.74) is 1.21. The summed E-state index contributed by atoms with van der Waals surface area (Å²) in [6.07, 6.45) is 6.78. The van der Waals surface area contributed by atoms with E-state index < -0.39 is 0 Å². The number of hydrogen-bond acceptors (Lipinski definition) is 2. The largest absolute Gasteiger partial charge is 0.337 e. The van der Waals surface area contributed by atoms with Crippen molar-refractivity contribution >= 4 is 34.4 Å². The Balaban J connectivity index is 2.36. The van der Waals surface area contributed by atoms with Crippen molar-refractivity contribution < 1.29 is 0 Å². The van der Waals surface area contributed by atoms with Crippen molar-refractivity contribution in [3.05, 3.63) is 11.6 Å². The summed E-state index contributed by atoms with van der Waals surface area (Å²) >= 11 is 10.1. The van der Waals surface area contributed by atoms with Crippen LogP contribution in [0.2, 0.25) is 0 Å². The lowest BCUT2D eigenvalue weighted by molar-refractivity contribution is 0.723. The van der Waals surface area contributed by atoms with Crippen LogP contribution in [0.4, 0.5) is 0 Å². The van der Waals surface area contributed by atoms with Crippen LogP contribution >= 0.6 is 24.4 Å². The molecule has 1 aliphatic heterocycles. The van der Waals surface area contributed by atoms with Crippen molar-refractivity contribution in [2.45, 2.75) is 32.6 Å².